The molecule has 0 bridgehead atoms. The van der Waals surface area contributed by atoms with E-state index >= 15 is 0 Å². The van der Waals surface area contributed by atoms with Gasteiger partial charge in [0.15, 0.2) is 0 Å². The molecule has 3 rings (SSSR count). The van der Waals surface area contributed by atoms with Crippen molar-refractivity contribution in [2.75, 3.05) is 14.2 Å². The van der Waals surface area contributed by atoms with E-state index in [4.69, 9.17) is 9.47 Å². The third kappa shape index (κ3) is 6.37. The van der Waals surface area contributed by atoms with Crippen molar-refractivity contribution >= 4 is 23.8 Å². The SMILES string of the molecule is C=CC(=O)NCc1ccnc(-c2cc(C)cc(C(=O)NNSc3c(OC)cccc3OC)c2)c1. The van der Waals surface area contributed by atoms with Crippen LogP contribution in [0.25, 0.3) is 11.3 Å². The van der Waals surface area contributed by atoms with Crippen LogP contribution in [0.15, 0.2) is 72.3 Å². The Morgan fingerprint density at radius 2 is 1.82 bits per heavy atom. The molecule has 0 atom stereocenters. The standard InChI is InChI=1S/C25H26N4O4S/c1-5-23(30)27-15-17-9-10-26-20(13-17)18-11-16(2)12-19(14-18)25(31)28-29-34-24-21(32-3)7-6-8-22(24)33-4/h5-14,29H,1,15H2,2-4H3,(H,27,30)(H,28,31). The first-order valence-electron chi connectivity index (χ1n) is 10.4. The first-order valence-corrected chi connectivity index (χ1v) is 11.2. The van der Waals surface area contributed by atoms with Gasteiger partial charge in [0, 0.05) is 23.9 Å². The lowest BCUT2D eigenvalue weighted by molar-refractivity contribution is -0.116. The number of nitrogens with one attached hydrogen (secondary N) is 3. The van der Waals surface area contributed by atoms with Gasteiger partial charge in [-0.05, 0) is 78.5 Å². The molecule has 0 aliphatic heterocycles. The number of pyridine rings is 1. The number of carbonyl (C=O) groups excluding carboxylic acids is 2. The Hall–Kier alpha value is -3.82. The number of rotatable bonds is 10. The summed E-state index contributed by atoms with van der Waals surface area (Å²) >= 11 is 1.18. The highest BCUT2D eigenvalue weighted by atomic mass is 32.2. The minimum absolute atomic E-state index is 0.246. The van der Waals surface area contributed by atoms with E-state index in [1.54, 1.807) is 32.5 Å². The highest BCUT2D eigenvalue weighted by molar-refractivity contribution is 7.97. The molecule has 0 fully saturated rings. The van der Waals surface area contributed by atoms with E-state index in [1.807, 2.05) is 43.3 Å². The number of hydrazine groups is 1. The molecular weight excluding hydrogens is 452 g/mol. The quantitative estimate of drug-likeness (QED) is 0.231. The molecule has 1 heterocycles. The molecule has 0 spiro atoms. The van der Waals surface area contributed by atoms with Gasteiger partial charge in [-0.1, -0.05) is 12.6 Å². The molecule has 3 N–H and O–H groups in total. The molecule has 1 aromatic heterocycles. The van der Waals surface area contributed by atoms with Crippen molar-refractivity contribution < 1.29 is 19.1 Å². The molecule has 0 unspecified atom stereocenters. The molecule has 0 radical (unpaired) electrons. The van der Waals surface area contributed by atoms with Gasteiger partial charge >= 0.3 is 0 Å². The van der Waals surface area contributed by atoms with Gasteiger partial charge in [0.1, 0.15) is 16.4 Å². The molecule has 0 saturated carbocycles. The summed E-state index contributed by atoms with van der Waals surface area (Å²) in [6.07, 6.45) is 2.90. The fraction of sp³-hybridized carbons (Fsp3) is 0.160. The summed E-state index contributed by atoms with van der Waals surface area (Å²) in [6, 6.07) is 14.7. The van der Waals surface area contributed by atoms with Crippen molar-refractivity contribution in [3.8, 4) is 22.8 Å². The summed E-state index contributed by atoms with van der Waals surface area (Å²) in [4.78, 5) is 32.3. The number of aromatic nitrogens is 1. The number of amides is 2. The molecule has 34 heavy (non-hydrogen) atoms. The number of hydrogen-bond donors (Lipinski definition) is 3. The lowest BCUT2D eigenvalue weighted by Gasteiger charge is -2.13. The van der Waals surface area contributed by atoms with Gasteiger partial charge in [0.2, 0.25) is 5.91 Å². The zero-order chi connectivity index (χ0) is 24.5. The van der Waals surface area contributed by atoms with E-state index < -0.39 is 0 Å². The average Bonchev–Trinajstić information content (AvgIpc) is 2.86. The monoisotopic (exact) mass is 478 g/mol. The van der Waals surface area contributed by atoms with Crippen LogP contribution in [-0.4, -0.2) is 31.0 Å². The fourth-order valence-corrected chi connectivity index (χ4v) is 3.93. The van der Waals surface area contributed by atoms with Crippen molar-refractivity contribution in [3.05, 3.63) is 84.1 Å². The lowest BCUT2D eigenvalue weighted by atomic mass is 10.0. The molecule has 9 heteroatoms. The van der Waals surface area contributed by atoms with Crippen LogP contribution in [0.1, 0.15) is 21.5 Å². The van der Waals surface area contributed by atoms with E-state index in [-0.39, 0.29) is 11.8 Å². The number of nitrogens with zero attached hydrogens (tertiary/aromatic N) is 1. The second kappa shape index (κ2) is 11.9. The summed E-state index contributed by atoms with van der Waals surface area (Å²) in [7, 11) is 3.14. The molecule has 176 valence electrons. The minimum atomic E-state index is -0.305. The van der Waals surface area contributed by atoms with Crippen molar-refractivity contribution in [3.63, 3.8) is 0 Å². The molecule has 0 aliphatic carbocycles. The van der Waals surface area contributed by atoms with Gasteiger partial charge in [-0.2, -0.15) is 4.83 Å². The van der Waals surface area contributed by atoms with Crippen LogP contribution in [0.2, 0.25) is 0 Å². The first-order chi connectivity index (χ1) is 16.4. The molecular formula is C25H26N4O4S. The first kappa shape index (κ1) is 24.8. The van der Waals surface area contributed by atoms with Gasteiger partial charge in [-0.3, -0.25) is 20.0 Å². The number of benzene rings is 2. The van der Waals surface area contributed by atoms with Crippen LogP contribution in [-0.2, 0) is 11.3 Å². The smallest absolute Gasteiger partial charge is 0.266 e. The number of methoxy groups -OCH3 is 2. The third-order valence-corrected chi connectivity index (χ3v) is 5.62. The van der Waals surface area contributed by atoms with E-state index in [2.05, 4.69) is 27.1 Å². The number of carbonyl (C=O) groups is 2. The van der Waals surface area contributed by atoms with E-state index in [1.165, 1.54) is 18.0 Å². The zero-order valence-electron chi connectivity index (χ0n) is 19.2. The van der Waals surface area contributed by atoms with Crippen LogP contribution in [0, 0.1) is 6.92 Å². The van der Waals surface area contributed by atoms with Crippen LogP contribution < -0.4 is 25.0 Å². The fourth-order valence-electron chi connectivity index (χ4n) is 3.18. The highest BCUT2D eigenvalue weighted by Crippen LogP contribution is 2.35. The van der Waals surface area contributed by atoms with Gasteiger partial charge in [-0.25, -0.2) is 0 Å². The molecule has 0 aliphatic rings. The van der Waals surface area contributed by atoms with Gasteiger partial charge in [0.25, 0.3) is 5.91 Å². The number of ether oxygens (including phenoxy) is 2. The molecule has 2 aromatic carbocycles. The zero-order valence-corrected chi connectivity index (χ0v) is 20.0. The van der Waals surface area contributed by atoms with Crippen molar-refractivity contribution in [2.45, 2.75) is 18.4 Å². The normalized spacial score (nSPS) is 10.3. The van der Waals surface area contributed by atoms with Crippen molar-refractivity contribution in [1.29, 1.82) is 0 Å². The van der Waals surface area contributed by atoms with E-state index in [0.717, 1.165) is 16.7 Å². The number of aryl methyl sites for hydroxylation is 1. The maximum Gasteiger partial charge on any atom is 0.266 e. The summed E-state index contributed by atoms with van der Waals surface area (Å²) in [5.74, 6) is 0.697. The molecule has 2 amide bonds. The molecule has 3 aromatic rings. The Morgan fingerprint density at radius 1 is 1.09 bits per heavy atom. The van der Waals surface area contributed by atoms with Crippen molar-refractivity contribution in [1.82, 2.24) is 20.6 Å². The Labute approximate surface area is 202 Å². The summed E-state index contributed by atoms with van der Waals surface area (Å²) in [5, 5.41) is 2.74. The maximum atomic E-state index is 12.8. The number of hydrogen-bond acceptors (Lipinski definition) is 7. The second-order valence-electron chi connectivity index (χ2n) is 7.21. The Balaban J connectivity index is 1.72. The predicted octanol–water partition coefficient (Wildman–Crippen LogP) is 3.82. The highest BCUT2D eigenvalue weighted by Gasteiger charge is 2.13. The van der Waals surface area contributed by atoms with Gasteiger partial charge in [0.05, 0.1) is 19.9 Å². The predicted molar refractivity (Wildman–Crippen MR) is 132 cm³/mol. The van der Waals surface area contributed by atoms with E-state index in [0.29, 0.717) is 34.2 Å². The largest absolute Gasteiger partial charge is 0.495 e. The maximum absolute atomic E-state index is 12.8. The van der Waals surface area contributed by atoms with Gasteiger partial charge < -0.3 is 14.8 Å². The summed E-state index contributed by atoms with van der Waals surface area (Å²) in [5.41, 5.74) is 6.45. The van der Waals surface area contributed by atoms with Crippen LogP contribution >= 0.6 is 11.9 Å². The minimum Gasteiger partial charge on any atom is -0.495 e. The van der Waals surface area contributed by atoms with Gasteiger partial charge in [-0.15, -0.1) is 0 Å². The third-order valence-electron chi connectivity index (χ3n) is 4.81. The van der Waals surface area contributed by atoms with Crippen LogP contribution in [0.5, 0.6) is 11.5 Å². The van der Waals surface area contributed by atoms with Crippen LogP contribution in [0.3, 0.4) is 0 Å². The summed E-state index contributed by atoms with van der Waals surface area (Å²) in [6.45, 7) is 5.72. The average molecular weight is 479 g/mol. The van der Waals surface area contributed by atoms with E-state index in [9.17, 15) is 9.59 Å². The Morgan fingerprint density at radius 3 is 2.50 bits per heavy atom. The lowest BCUT2D eigenvalue weighted by Crippen LogP contribution is -2.32. The summed E-state index contributed by atoms with van der Waals surface area (Å²) < 4.78 is 10.7. The Bertz CT molecular complexity index is 1180. The molecule has 8 nitrogen and oxygen atoms in total. The van der Waals surface area contributed by atoms with Crippen LogP contribution in [0.4, 0.5) is 0 Å². The Kier molecular flexibility index (Phi) is 8.66. The topological polar surface area (TPSA) is 102 Å². The second-order valence-corrected chi connectivity index (χ2v) is 8.03. The molecule has 0 saturated heterocycles. The van der Waals surface area contributed by atoms with Crippen molar-refractivity contribution in [2.24, 2.45) is 0 Å².